The predicted molar refractivity (Wildman–Crippen MR) is 137 cm³/mol. The lowest BCUT2D eigenvalue weighted by Crippen LogP contribution is -2.38. The smallest absolute Gasteiger partial charge is 0.331 e. The largest absolute Gasteiger partial charge is 0.497 e. The lowest BCUT2D eigenvalue weighted by Gasteiger charge is -2.21. The van der Waals surface area contributed by atoms with Gasteiger partial charge in [0.1, 0.15) is 5.75 Å². The van der Waals surface area contributed by atoms with Crippen LogP contribution in [0.3, 0.4) is 0 Å². The molecule has 0 spiro atoms. The van der Waals surface area contributed by atoms with Gasteiger partial charge in [-0.05, 0) is 73.0 Å². The number of hydrogen-bond acceptors (Lipinski definition) is 6. The van der Waals surface area contributed by atoms with Crippen LogP contribution in [0.5, 0.6) is 5.75 Å². The van der Waals surface area contributed by atoms with Gasteiger partial charge in [-0.1, -0.05) is 30.3 Å². The van der Waals surface area contributed by atoms with Gasteiger partial charge in [-0.25, -0.2) is 13.2 Å². The quantitative estimate of drug-likeness (QED) is 0.366. The number of para-hydroxylation sites is 1. The third-order valence-electron chi connectivity index (χ3n) is 5.74. The standard InChI is InChI=1S/C27H26N2O6S/c1-19(27(31)29-18-17-21-5-3-4-6-25(21)29)35-26(30)16-9-20-7-14-24(15-8-20)36(32,33)28-22-10-12-23(34-2)13-11-22/h3-16,19,28H,17-18H2,1-2H3/b16-9+/t19-/m0/s1. The second-order valence-corrected chi connectivity index (χ2v) is 9.87. The molecule has 9 heteroatoms. The number of sulfonamides is 1. The van der Waals surface area contributed by atoms with Crippen molar-refractivity contribution in [1.82, 2.24) is 0 Å². The third kappa shape index (κ3) is 5.75. The average Bonchev–Trinajstić information content (AvgIpc) is 3.31. The van der Waals surface area contributed by atoms with Crippen molar-refractivity contribution < 1.29 is 27.5 Å². The van der Waals surface area contributed by atoms with E-state index in [2.05, 4.69) is 4.72 Å². The van der Waals surface area contributed by atoms with Gasteiger partial charge in [0.25, 0.3) is 15.9 Å². The summed E-state index contributed by atoms with van der Waals surface area (Å²) in [5, 5.41) is 0. The van der Waals surface area contributed by atoms with Gasteiger partial charge in [-0.2, -0.15) is 0 Å². The zero-order valence-corrected chi connectivity index (χ0v) is 20.7. The van der Waals surface area contributed by atoms with Crippen LogP contribution in [0.4, 0.5) is 11.4 Å². The number of rotatable bonds is 8. The number of nitrogens with one attached hydrogen (secondary N) is 1. The van der Waals surface area contributed by atoms with E-state index in [1.54, 1.807) is 48.2 Å². The van der Waals surface area contributed by atoms with Crippen molar-refractivity contribution in [2.75, 3.05) is 23.3 Å². The molecule has 4 rings (SSSR count). The number of fused-ring (bicyclic) bond motifs is 1. The van der Waals surface area contributed by atoms with E-state index in [4.69, 9.17) is 9.47 Å². The van der Waals surface area contributed by atoms with Crippen LogP contribution >= 0.6 is 0 Å². The van der Waals surface area contributed by atoms with Gasteiger partial charge in [-0.15, -0.1) is 0 Å². The summed E-state index contributed by atoms with van der Waals surface area (Å²) >= 11 is 0. The van der Waals surface area contributed by atoms with E-state index in [1.165, 1.54) is 31.4 Å². The molecule has 1 aliphatic rings. The van der Waals surface area contributed by atoms with Crippen LogP contribution in [0.25, 0.3) is 6.08 Å². The van der Waals surface area contributed by atoms with Crippen LogP contribution in [-0.4, -0.2) is 40.1 Å². The number of carbonyl (C=O) groups excluding carboxylic acids is 2. The maximum absolute atomic E-state index is 12.8. The lowest BCUT2D eigenvalue weighted by atomic mass is 10.2. The second kappa shape index (κ2) is 10.7. The predicted octanol–water partition coefficient (Wildman–Crippen LogP) is 4.03. The Morgan fingerprint density at radius 2 is 1.69 bits per heavy atom. The Balaban J connectivity index is 1.34. The van der Waals surface area contributed by atoms with E-state index < -0.39 is 22.1 Å². The van der Waals surface area contributed by atoms with E-state index in [0.29, 0.717) is 23.5 Å². The van der Waals surface area contributed by atoms with E-state index in [-0.39, 0.29) is 10.8 Å². The van der Waals surface area contributed by atoms with Gasteiger partial charge in [-0.3, -0.25) is 9.52 Å². The number of benzene rings is 3. The van der Waals surface area contributed by atoms with Gasteiger partial charge in [0.2, 0.25) is 0 Å². The van der Waals surface area contributed by atoms with Crippen LogP contribution in [0.15, 0.2) is 83.8 Å². The molecule has 186 valence electrons. The molecular weight excluding hydrogens is 480 g/mol. The number of nitrogens with zero attached hydrogens (tertiary/aromatic N) is 1. The van der Waals surface area contributed by atoms with E-state index in [1.807, 2.05) is 24.3 Å². The summed E-state index contributed by atoms with van der Waals surface area (Å²) in [4.78, 5) is 26.7. The number of ether oxygens (including phenoxy) is 2. The number of hydrogen-bond donors (Lipinski definition) is 1. The number of amides is 1. The summed E-state index contributed by atoms with van der Waals surface area (Å²) < 4.78 is 38.1. The van der Waals surface area contributed by atoms with Gasteiger partial charge in [0, 0.05) is 24.0 Å². The number of anilines is 2. The molecule has 1 heterocycles. The highest BCUT2D eigenvalue weighted by atomic mass is 32.2. The number of esters is 1. The highest BCUT2D eigenvalue weighted by Crippen LogP contribution is 2.28. The Morgan fingerprint density at radius 3 is 2.39 bits per heavy atom. The van der Waals surface area contributed by atoms with Crippen molar-refractivity contribution in [2.24, 2.45) is 0 Å². The molecule has 0 bridgehead atoms. The molecule has 3 aromatic rings. The van der Waals surface area contributed by atoms with Gasteiger partial charge < -0.3 is 14.4 Å². The summed E-state index contributed by atoms with van der Waals surface area (Å²) in [7, 11) is -2.25. The first-order valence-electron chi connectivity index (χ1n) is 11.3. The van der Waals surface area contributed by atoms with Crippen LogP contribution < -0.4 is 14.4 Å². The molecule has 0 saturated heterocycles. The minimum absolute atomic E-state index is 0.0724. The fraction of sp³-hybridized carbons (Fsp3) is 0.185. The lowest BCUT2D eigenvalue weighted by molar-refractivity contribution is -0.149. The third-order valence-corrected chi connectivity index (χ3v) is 7.14. The molecule has 0 aliphatic carbocycles. The topological polar surface area (TPSA) is 102 Å². The molecule has 0 radical (unpaired) electrons. The molecule has 8 nitrogen and oxygen atoms in total. The SMILES string of the molecule is COc1ccc(NS(=O)(=O)c2ccc(/C=C/C(=O)O[C@@H](C)C(=O)N3CCc4ccccc43)cc2)cc1. The molecule has 1 aliphatic heterocycles. The Morgan fingerprint density at radius 1 is 1.00 bits per heavy atom. The van der Waals surface area contributed by atoms with E-state index >= 15 is 0 Å². The summed E-state index contributed by atoms with van der Waals surface area (Å²) in [6.45, 7) is 2.10. The fourth-order valence-corrected chi connectivity index (χ4v) is 4.90. The van der Waals surface area contributed by atoms with Crippen molar-refractivity contribution >= 4 is 39.4 Å². The van der Waals surface area contributed by atoms with Crippen LogP contribution in [0.1, 0.15) is 18.1 Å². The van der Waals surface area contributed by atoms with Crippen LogP contribution in [0, 0.1) is 0 Å². The molecule has 0 fully saturated rings. The van der Waals surface area contributed by atoms with Crippen LogP contribution in [-0.2, 0) is 30.8 Å². The van der Waals surface area contributed by atoms with Gasteiger partial charge in [0.05, 0.1) is 12.0 Å². The summed E-state index contributed by atoms with van der Waals surface area (Å²) in [6, 6.07) is 20.2. The van der Waals surface area contributed by atoms with Gasteiger partial charge >= 0.3 is 5.97 Å². The zero-order chi connectivity index (χ0) is 25.7. The molecule has 36 heavy (non-hydrogen) atoms. The first kappa shape index (κ1) is 25.0. The molecule has 1 atom stereocenters. The maximum Gasteiger partial charge on any atom is 0.331 e. The fourth-order valence-electron chi connectivity index (χ4n) is 3.85. The molecule has 3 aromatic carbocycles. The minimum atomic E-state index is -3.78. The number of carbonyl (C=O) groups is 2. The van der Waals surface area contributed by atoms with Crippen molar-refractivity contribution in [3.05, 3.63) is 90.0 Å². The number of methoxy groups -OCH3 is 1. The minimum Gasteiger partial charge on any atom is -0.497 e. The zero-order valence-electron chi connectivity index (χ0n) is 19.9. The van der Waals surface area contributed by atoms with Crippen molar-refractivity contribution in [3.63, 3.8) is 0 Å². The monoisotopic (exact) mass is 506 g/mol. The first-order valence-corrected chi connectivity index (χ1v) is 12.8. The molecule has 1 amide bonds. The van der Waals surface area contributed by atoms with Crippen molar-refractivity contribution in [2.45, 2.75) is 24.3 Å². The highest BCUT2D eigenvalue weighted by Gasteiger charge is 2.29. The highest BCUT2D eigenvalue weighted by molar-refractivity contribution is 7.92. The van der Waals surface area contributed by atoms with Crippen LogP contribution in [0.2, 0.25) is 0 Å². The molecule has 0 saturated carbocycles. The maximum atomic E-state index is 12.8. The second-order valence-electron chi connectivity index (χ2n) is 8.18. The van der Waals surface area contributed by atoms with E-state index in [0.717, 1.165) is 17.7 Å². The van der Waals surface area contributed by atoms with E-state index in [9.17, 15) is 18.0 Å². The normalized spacial score (nSPS) is 13.8. The average molecular weight is 507 g/mol. The summed E-state index contributed by atoms with van der Waals surface area (Å²) in [5.41, 5.74) is 2.94. The first-order chi connectivity index (χ1) is 17.3. The Hall–Kier alpha value is -4.11. The van der Waals surface area contributed by atoms with Gasteiger partial charge in [0.15, 0.2) is 6.10 Å². The molecule has 1 N–H and O–H groups in total. The Labute approximate surface area is 210 Å². The van der Waals surface area contributed by atoms with Crippen molar-refractivity contribution in [3.8, 4) is 5.75 Å². The Bertz CT molecular complexity index is 1380. The molecule has 0 unspecified atom stereocenters. The molecule has 0 aromatic heterocycles. The Kier molecular flexibility index (Phi) is 7.40. The summed E-state index contributed by atoms with van der Waals surface area (Å²) in [5.74, 6) is -0.324. The molecular formula is C27H26N2O6S. The summed E-state index contributed by atoms with van der Waals surface area (Å²) in [6.07, 6.45) is 2.53. The van der Waals surface area contributed by atoms with Crippen molar-refractivity contribution in [1.29, 1.82) is 0 Å².